The molecule has 0 aliphatic carbocycles. The van der Waals surface area contributed by atoms with E-state index >= 15 is 0 Å². The van der Waals surface area contributed by atoms with Crippen molar-refractivity contribution >= 4 is 46.3 Å². The predicted molar refractivity (Wildman–Crippen MR) is 103 cm³/mol. The number of rotatable bonds is 3. The molecule has 1 aliphatic heterocycles. The smallest absolute Gasteiger partial charge is 0.323 e. The lowest BCUT2D eigenvalue weighted by molar-refractivity contribution is 0.123. The normalized spacial score (nSPS) is 14.3. The Morgan fingerprint density at radius 3 is 2.52 bits per heavy atom. The van der Waals surface area contributed by atoms with Gasteiger partial charge in [0, 0.05) is 18.8 Å². The number of halogens is 2. The number of urea groups is 1. The van der Waals surface area contributed by atoms with Crippen molar-refractivity contribution in [2.45, 2.75) is 6.92 Å². The number of hydrogen-bond acceptors (Lipinski definition) is 3. The number of ether oxygens (including phenoxy) is 1. The van der Waals surface area contributed by atoms with Gasteiger partial charge in [0.05, 0.1) is 34.6 Å². The highest BCUT2D eigenvalue weighted by molar-refractivity contribution is 6.42. The molecular weight excluding hydrogens is 361 g/mol. The first-order chi connectivity index (χ1) is 12.0. The fraction of sp³-hybridized carbons (Fsp3) is 0.278. The molecule has 1 saturated heterocycles. The quantitative estimate of drug-likeness (QED) is 0.806. The van der Waals surface area contributed by atoms with Crippen LogP contribution < -0.4 is 15.5 Å². The zero-order chi connectivity index (χ0) is 17.8. The van der Waals surface area contributed by atoms with Crippen LogP contribution in [0, 0.1) is 6.92 Å². The number of carbonyl (C=O) groups excluding carboxylic acids is 1. The number of morpholine rings is 1. The maximum Gasteiger partial charge on any atom is 0.323 e. The minimum atomic E-state index is -0.335. The van der Waals surface area contributed by atoms with Crippen LogP contribution in [0.2, 0.25) is 10.0 Å². The summed E-state index contributed by atoms with van der Waals surface area (Å²) in [6.07, 6.45) is 0. The van der Waals surface area contributed by atoms with Crippen molar-refractivity contribution in [2.24, 2.45) is 0 Å². The number of anilines is 3. The summed E-state index contributed by atoms with van der Waals surface area (Å²) >= 11 is 11.9. The average Bonchev–Trinajstić information content (AvgIpc) is 2.59. The average molecular weight is 380 g/mol. The largest absolute Gasteiger partial charge is 0.378 e. The fourth-order valence-corrected chi connectivity index (χ4v) is 2.99. The van der Waals surface area contributed by atoms with Gasteiger partial charge in [0.1, 0.15) is 0 Å². The van der Waals surface area contributed by atoms with Crippen LogP contribution >= 0.6 is 23.2 Å². The molecule has 1 heterocycles. The molecule has 0 radical (unpaired) electrons. The minimum absolute atomic E-state index is 0.335. The number of benzene rings is 2. The van der Waals surface area contributed by atoms with Crippen molar-refractivity contribution in [2.75, 3.05) is 41.8 Å². The lowest BCUT2D eigenvalue weighted by Crippen LogP contribution is -2.37. The lowest BCUT2D eigenvalue weighted by Gasteiger charge is -2.30. The van der Waals surface area contributed by atoms with E-state index in [4.69, 9.17) is 27.9 Å². The molecule has 0 unspecified atom stereocenters. The summed E-state index contributed by atoms with van der Waals surface area (Å²) in [6, 6.07) is 10.6. The second kappa shape index (κ2) is 7.95. The Morgan fingerprint density at radius 1 is 1.04 bits per heavy atom. The summed E-state index contributed by atoms with van der Waals surface area (Å²) in [4.78, 5) is 14.6. The molecular formula is C18H19Cl2N3O2. The third kappa shape index (κ3) is 4.57. The van der Waals surface area contributed by atoms with Crippen LogP contribution in [-0.4, -0.2) is 32.3 Å². The van der Waals surface area contributed by atoms with Gasteiger partial charge < -0.3 is 20.3 Å². The standard InChI is InChI=1S/C18H19Cl2N3O2/c1-12-2-5-17(23-6-8-25-9-7-23)16(10-12)22-18(24)21-13-3-4-14(19)15(20)11-13/h2-5,10-11H,6-9H2,1H3,(H2,21,22,24). The van der Waals surface area contributed by atoms with Gasteiger partial charge in [0.2, 0.25) is 0 Å². The molecule has 0 aromatic heterocycles. The van der Waals surface area contributed by atoms with Gasteiger partial charge >= 0.3 is 6.03 Å². The zero-order valence-electron chi connectivity index (χ0n) is 13.8. The number of nitrogens with one attached hydrogen (secondary N) is 2. The topological polar surface area (TPSA) is 53.6 Å². The Balaban J connectivity index is 1.75. The minimum Gasteiger partial charge on any atom is -0.378 e. The predicted octanol–water partition coefficient (Wildman–Crippen LogP) is 4.78. The van der Waals surface area contributed by atoms with E-state index in [1.54, 1.807) is 18.2 Å². The van der Waals surface area contributed by atoms with E-state index in [1.807, 2.05) is 25.1 Å². The second-order valence-electron chi connectivity index (χ2n) is 5.83. The van der Waals surface area contributed by atoms with Crippen LogP contribution in [0.5, 0.6) is 0 Å². The Kier molecular flexibility index (Phi) is 5.68. The van der Waals surface area contributed by atoms with Crippen molar-refractivity contribution in [3.63, 3.8) is 0 Å². The van der Waals surface area contributed by atoms with Crippen LogP contribution in [-0.2, 0) is 4.74 Å². The van der Waals surface area contributed by atoms with Crippen LogP contribution in [0.25, 0.3) is 0 Å². The van der Waals surface area contributed by atoms with Gasteiger partial charge in [-0.15, -0.1) is 0 Å². The van der Waals surface area contributed by atoms with E-state index in [0.29, 0.717) is 28.9 Å². The first kappa shape index (κ1) is 17.9. The molecule has 25 heavy (non-hydrogen) atoms. The van der Waals surface area contributed by atoms with E-state index in [2.05, 4.69) is 15.5 Å². The van der Waals surface area contributed by atoms with E-state index in [9.17, 15) is 4.79 Å². The molecule has 0 atom stereocenters. The van der Waals surface area contributed by atoms with Gasteiger partial charge in [-0.1, -0.05) is 29.3 Å². The molecule has 0 bridgehead atoms. The fourth-order valence-electron chi connectivity index (χ4n) is 2.69. The summed E-state index contributed by atoms with van der Waals surface area (Å²) in [5, 5.41) is 6.53. The molecule has 7 heteroatoms. The summed E-state index contributed by atoms with van der Waals surface area (Å²) in [7, 11) is 0. The zero-order valence-corrected chi connectivity index (χ0v) is 15.3. The van der Waals surface area contributed by atoms with Crippen LogP contribution in [0.4, 0.5) is 21.9 Å². The highest BCUT2D eigenvalue weighted by Crippen LogP contribution is 2.29. The Labute approximate surface area is 156 Å². The SMILES string of the molecule is Cc1ccc(N2CCOCC2)c(NC(=O)Nc2ccc(Cl)c(Cl)c2)c1. The number of amides is 2. The molecule has 1 fully saturated rings. The monoisotopic (exact) mass is 379 g/mol. The number of hydrogen-bond donors (Lipinski definition) is 2. The first-order valence-electron chi connectivity index (χ1n) is 7.99. The lowest BCUT2D eigenvalue weighted by atomic mass is 10.1. The van der Waals surface area contributed by atoms with Crippen LogP contribution in [0.1, 0.15) is 5.56 Å². The van der Waals surface area contributed by atoms with Crippen molar-refractivity contribution in [3.8, 4) is 0 Å². The van der Waals surface area contributed by atoms with E-state index in [-0.39, 0.29) is 6.03 Å². The van der Waals surface area contributed by atoms with Gasteiger partial charge in [0.15, 0.2) is 0 Å². The summed E-state index contributed by atoms with van der Waals surface area (Å²) in [5.41, 5.74) is 3.40. The molecule has 2 aromatic carbocycles. The van der Waals surface area contributed by atoms with E-state index in [1.165, 1.54) is 0 Å². The molecule has 2 amide bonds. The number of nitrogens with zero attached hydrogens (tertiary/aromatic N) is 1. The molecule has 1 aliphatic rings. The van der Waals surface area contributed by atoms with E-state index < -0.39 is 0 Å². The summed E-state index contributed by atoms with van der Waals surface area (Å²) < 4.78 is 5.40. The van der Waals surface area contributed by atoms with Crippen molar-refractivity contribution in [3.05, 3.63) is 52.0 Å². The Morgan fingerprint density at radius 2 is 1.80 bits per heavy atom. The van der Waals surface area contributed by atoms with Gasteiger partial charge in [0.25, 0.3) is 0 Å². The number of aryl methyl sites for hydroxylation is 1. The molecule has 3 rings (SSSR count). The molecule has 0 saturated carbocycles. The Hall–Kier alpha value is -1.95. The van der Waals surface area contributed by atoms with Crippen molar-refractivity contribution in [1.82, 2.24) is 0 Å². The third-order valence-electron chi connectivity index (χ3n) is 3.93. The van der Waals surface area contributed by atoms with Gasteiger partial charge in [-0.2, -0.15) is 0 Å². The van der Waals surface area contributed by atoms with Crippen LogP contribution in [0.15, 0.2) is 36.4 Å². The van der Waals surface area contributed by atoms with Gasteiger partial charge in [-0.3, -0.25) is 0 Å². The number of carbonyl (C=O) groups is 1. The van der Waals surface area contributed by atoms with E-state index in [0.717, 1.165) is 30.0 Å². The maximum atomic E-state index is 12.4. The molecule has 5 nitrogen and oxygen atoms in total. The molecule has 0 spiro atoms. The van der Waals surface area contributed by atoms with Crippen molar-refractivity contribution in [1.29, 1.82) is 0 Å². The highest BCUT2D eigenvalue weighted by Gasteiger charge is 2.16. The maximum absolute atomic E-state index is 12.4. The highest BCUT2D eigenvalue weighted by atomic mass is 35.5. The Bertz CT molecular complexity index is 777. The summed E-state index contributed by atoms with van der Waals surface area (Å²) in [6.45, 7) is 4.95. The first-order valence-corrected chi connectivity index (χ1v) is 8.75. The van der Waals surface area contributed by atoms with Crippen LogP contribution in [0.3, 0.4) is 0 Å². The van der Waals surface area contributed by atoms with Gasteiger partial charge in [-0.25, -0.2) is 4.79 Å². The van der Waals surface area contributed by atoms with Gasteiger partial charge in [-0.05, 0) is 42.8 Å². The summed E-state index contributed by atoms with van der Waals surface area (Å²) in [5.74, 6) is 0. The molecule has 2 N–H and O–H groups in total. The van der Waals surface area contributed by atoms with Crippen molar-refractivity contribution < 1.29 is 9.53 Å². The third-order valence-corrected chi connectivity index (χ3v) is 4.67. The molecule has 132 valence electrons. The second-order valence-corrected chi connectivity index (χ2v) is 6.64. The molecule has 2 aromatic rings.